The van der Waals surface area contributed by atoms with Gasteiger partial charge in [-0.2, -0.15) is 0 Å². The molecule has 3 rings (SSSR count). The van der Waals surface area contributed by atoms with Crippen molar-refractivity contribution < 1.29 is 32.6 Å². The first kappa shape index (κ1) is 26.3. The Morgan fingerprint density at radius 3 is 2.42 bits per heavy atom. The molecule has 188 valence electrons. The van der Waals surface area contributed by atoms with Gasteiger partial charge in [-0.3, -0.25) is 14.4 Å². The molecule has 3 aromatic carbocycles. The van der Waals surface area contributed by atoms with E-state index in [0.29, 0.717) is 23.1 Å². The van der Waals surface area contributed by atoms with E-state index in [1.54, 1.807) is 42.5 Å². The molecule has 0 aliphatic carbocycles. The van der Waals surface area contributed by atoms with Gasteiger partial charge in [-0.25, -0.2) is 8.78 Å². The van der Waals surface area contributed by atoms with Crippen LogP contribution in [0.15, 0.2) is 66.7 Å². The SMILES string of the molecule is COc1ccc(C)cc1NC(=O)C(OC(=O)CCCNC(=O)c1ccc(F)cc1F)c1ccccc1. The Labute approximate surface area is 207 Å². The molecule has 1 unspecified atom stereocenters. The molecule has 0 bridgehead atoms. The van der Waals surface area contributed by atoms with Crippen LogP contribution in [-0.2, 0) is 14.3 Å². The van der Waals surface area contributed by atoms with Gasteiger partial charge in [-0.15, -0.1) is 0 Å². The second-order valence-corrected chi connectivity index (χ2v) is 7.96. The molecule has 0 aliphatic heterocycles. The van der Waals surface area contributed by atoms with Crippen LogP contribution < -0.4 is 15.4 Å². The number of aryl methyl sites for hydroxylation is 1. The minimum atomic E-state index is -1.22. The average Bonchev–Trinajstić information content (AvgIpc) is 2.85. The standard InChI is InChI=1S/C27H26F2N2O5/c1-17-10-13-23(35-2)22(15-17)31-27(34)25(18-7-4-3-5-8-18)36-24(32)9-6-14-30-26(33)20-12-11-19(28)16-21(20)29/h3-5,7-8,10-13,15-16,25H,6,9,14H2,1-2H3,(H,30,33)(H,31,34). The molecule has 1 atom stereocenters. The van der Waals surface area contributed by atoms with Crippen LogP contribution in [0.5, 0.6) is 5.75 Å². The topological polar surface area (TPSA) is 93.7 Å². The second-order valence-electron chi connectivity index (χ2n) is 7.96. The van der Waals surface area contributed by atoms with Gasteiger partial charge in [0.05, 0.1) is 18.4 Å². The third-order valence-electron chi connectivity index (χ3n) is 5.22. The molecule has 0 fully saturated rings. The maximum absolute atomic E-state index is 13.7. The van der Waals surface area contributed by atoms with Gasteiger partial charge in [0.25, 0.3) is 11.8 Å². The zero-order chi connectivity index (χ0) is 26.1. The van der Waals surface area contributed by atoms with Crippen molar-refractivity contribution in [1.29, 1.82) is 0 Å². The van der Waals surface area contributed by atoms with E-state index in [-0.39, 0.29) is 24.9 Å². The molecule has 0 saturated heterocycles. The second kappa shape index (κ2) is 12.4. The van der Waals surface area contributed by atoms with Crippen molar-refractivity contribution in [3.8, 4) is 5.75 Å². The average molecular weight is 497 g/mol. The minimum Gasteiger partial charge on any atom is -0.495 e. The number of halogens is 2. The first-order chi connectivity index (χ1) is 17.3. The Morgan fingerprint density at radius 2 is 1.72 bits per heavy atom. The number of esters is 1. The Balaban J connectivity index is 1.60. The first-order valence-electron chi connectivity index (χ1n) is 11.2. The number of anilines is 1. The zero-order valence-corrected chi connectivity index (χ0v) is 19.8. The van der Waals surface area contributed by atoms with Crippen molar-refractivity contribution >= 4 is 23.5 Å². The lowest BCUT2D eigenvalue weighted by molar-refractivity contribution is -0.154. The molecule has 0 radical (unpaired) electrons. The van der Waals surface area contributed by atoms with Crippen molar-refractivity contribution in [3.05, 3.63) is 95.1 Å². The summed E-state index contributed by atoms with van der Waals surface area (Å²) in [5, 5.41) is 5.23. The molecule has 9 heteroatoms. The Morgan fingerprint density at radius 1 is 0.972 bits per heavy atom. The van der Waals surface area contributed by atoms with Gasteiger partial charge in [-0.1, -0.05) is 36.4 Å². The van der Waals surface area contributed by atoms with Gasteiger partial charge in [0.2, 0.25) is 6.10 Å². The van der Waals surface area contributed by atoms with Crippen LogP contribution in [0, 0.1) is 18.6 Å². The molecule has 0 spiro atoms. The fourth-order valence-electron chi connectivity index (χ4n) is 3.41. The number of hydrogen-bond donors (Lipinski definition) is 2. The number of ether oxygens (including phenoxy) is 2. The summed E-state index contributed by atoms with van der Waals surface area (Å²) in [7, 11) is 1.48. The Hall–Kier alpha value is -4.27. The fraction of sp³-hybridized carbons (Fsp3) is 0.222. The highest BCUT2D eigenvalue weighted by atomic mass is 19.1. The minimum absolute atomic E-state index is 0.0490. The van der Waals surface area contributed by atoms with Crippen LogP contribution in [-0.4, -0.2) is 31.4 Å². The normalized spacial score (nSPS) is 11.3. The van der Waals surface area contributed by atoms with Crippen molar-refractivity contribution in [3.63, 3.8) is 0 Å². The zero-order valence-electron chi connectivity index (χ0n) is 19.8. The molecule has 3 aromatic rings. The van der Waals surface area contributed by atoms with E-state index in [1.165, 1.54) is 7.11 Å². The van der Waals surface area contributed by atoms with E-state index < -0.39 is 35.5 Å². The van der Waals surface area contributed by atoms with E-state index in [1.807, 2.05) is 13.0 Å². The monoisotopic (exact) mass is 496 g/mol. The van der Waals surface area contributed by atoms with Gasteiger partial charge in [0, 0.05) is 24.6 Å². The quantitative estimate of drug-likeness (QED) is 0.313. The largest absolute Gasteiger partial charge is 0.495 e. The summed E-state index contributed by atoms with van der Waals surface area (Å²) in [4.78, 5) is 37.7. The summed E-state index contributed by atoms with van der Waals surface area (Å²) in [5.41, 5.74) is 1.53. The maximum atomic E-state index is 13.7. The number of rotatable bonds is 10. The number of hydrogen-bond acceptors (Lipinski definition) is 5. The molecule has 0 aliphatic rings. The summed E-state index contributed by atoms with van der Waals surface area (Å²) >= 11 is 0. The lowest BCUT2D eigenvalue weighted by Crippen LogP contribution is -2.28. The third-order valence-corrected chi connectivity index (χ3v) is 5.22. The van der Waals surface area contributed by atoms with E-state index in [9.17, 15) is 23.2 Å². The molecule has 0 heterocycles. The number of carbonyl (C=O) groups is 3. The van der Waals surface area contributed by atoms with Gasteiger partial charge in [0.1, 0.15) is 17.4 Å². The van der Waals surface area contributed by atoms with E-state index in [2.05, 4.69) is 10.6 Å². The van der Waals surface area contributed by atoms with Crippen molar-refractivity contribution in [2.75, 3.05) is 19.0 Å². The molecule has 2 N–H and O–H groups in total. The number of benzene rings is 3. The fourth-order valence-corrected chi connectivity index (χ4v) is 3.41. The molecular formula is C27H26F2N2O5. The van der Waals surface area contributed by atoms with Gasteiger partial charge in [-0.05, 0) is 43.2 Å². The molecule has 7 nitrogen and oxygen atoms in total. The molecule has 0 aromatic heterocycles. The number of amides is 2. The van der Waals surface area contributed by atoms with Crippen molar-refractivity contribution in [2.45, 2.75) is 25.9 Å². The summed E-state index contributed by atoms with van der Waals surface area (Å²) < 4.78 is 37.5. The van der Waals surface area contributed by atoms with Crippen LogP contribution >= 0.6 is 0 Å². The van der Waals surface area contributed by atoms with Crippen LogP contribution in [0.1, 0.15) is 40.4 Å². The van der Waals surface area contributed by atoms with Gasteiger partial charge < -0.3 is 20.1 Å². The van der Waals surface area contributed by atoms with Crippen LogP contribution in [0.2, 0.25) is 0 Å². The summed E-state index contributed by atoms with van der Waals surface area (Å²) in [6.07, 6.45) is -1.13. The lowest BCUT2D eigenvalue weighted by atomic mass is 10.1. The predicted molar refractivity (Wildman–Crippen MR) is 130 cm³/mol. The van der Waals surface area contributed by atoms with Crippen molar-refractivity contribution in [1.82, 2.24) is 5.32 Å². The highest BCUT2D eigenvalue weighted by Gasteiger charge is 2.26. The summed E-state index contributed by atoms with van der Waals surface area (Å²) in [5.74, 6) is -3.25. The first-order valence-corrected chi connectivity index (χ1v) is 11.2. The van der Waals surface area contributed by atoms with E-state index in [0.717, 1.165) is 17.7 Å². The van der Waals surface area contributed by atoms with Gasteiger partial charge in [0.15, 0.2) is 0 Å². The van der Waals surface area contributed by atoms with Crippen LogP contribution in [0.25, 0.3) is 0 Å². The third kappa shape index (κ3) is 7.11. The number of carbonyl (C=O) groups excluding carboxylic acids is 3. The summed E-state index contributed by atoms with van der Waals surface area (Å²) in [6.45, 7) is 1.92. The highest BCUT2D eigenvalue weighted by Crippen LogP contribution is 2.28. The Bertz CT molecular complexity index is 1230. The van der Waals surface area contributed by atoms with E-state index in [4.69, 9.17) is 9.47 Å². The van der Waals surface area contributed by atoms with Gasteiger partial charge >= 0.3 is 5.97 Å². The summed E-state index contributed by atoms with van der Waals surface area (Å²) in [6, 6.07) is 16.5. The highest BCUT2D eigenvalue weighted by molar-refractivity contribution is 5.97. The van der Waals surface area contributed by atoms with E-state index >= 15 is 0 Å². The lowest BCUT2D eigenvalue weighted by Gasteiger charge is -2.19. The van der Waals surface area contributed by atoms with Crippen molar-refractivity contribution in [2.24, 2.45) is 0 Å². The molecule has 36 heavy (non-hydrogen) atoms. The van der Waals surface area contributed by atoms with Crippen LogP contribution in [0.3, 0.4) is 0 Å². The molecule has 0 saturated carbocycles. The maximum Gasteiger partial charge on any atom is 0.306 e. The Kier molecular flexibility index (Phi) is 9.10. The molecular weight excluding hydrogens is 470 g/mol. The number of methoxy groups -OCH3 is 1. The number of nitrogens with one attached hydrogen (secondary N) is 2. The predicted octanol–water partition coefficient (Wildman–Crippen LogP) is 4.72. The smallest absolute Gasteiger partial charge is 0.306 e. The van der Waals surface area contributed by atoms with Crippen LogP contribution in [0.4, 0.5) is 14.5 Å². The molecule has 2 amide bonds.